The molecular weight excluding hydrogens is 512 g/mol. The maximum Gasteiger partial charge on any atom is 0.221 e. The monoisotopic (exact) mass is 528 g/mol. The van der Waals surface area contributed by atoms with Crippen molar-refractivity contribution < 1.29 is 9.84 Å². The van der Waals surface area contributed by atoms with Gasteiger partial charge < -0.3 is 19.7 Å². The van der Waals surface area contributed by atoms with Crippen LogP contribution in [0.15, 0.2) is 81.4 Å². The van der Waals surface area contributed by atoms with E-state index in [9.17, 15) is 5.11 Å². The average Bonchev–Trinajstić information content (AvgIpc) is 3.03. The molecule has 0 fully saturated rings. The second-order valence-electron chi connectivity index (χ2n) is 6.88. The third-order valence-electron chi connectivity index (χ3n) is 4.80. The second-order valence-corrected chi connectivity index (χ2v) is 8.59. The second kappa shape index (κ2) is 9.68. The van der Waals surface area contributed by atoms with E-state index in [-0.39, 0.29) is 11.0 Å². The molecule has 6 nitrogen and oxygen atoms in total. The number of anilines is 1. The maximum absolute atomic E-state index is 11.0. The van der Waals surface area contributed by atoms with Crippen LogP contribution in [0, 0.1) is 0 Å². The molecule has 3 aromatic carbocycles. The van der Waals surface area contributed by atoms with Crippen LogP contribution < -0.4 is 10.1 Å². The Morgan fingerprint density at radius 1 is 1.16 bits per heavy atom. The van der Waals surface area contributed by atoms with Gasteiger partial charge in [0.05, 0.1) is 24.2 Å². The number of aromatic nitrogens is 1. The van der Waals surface area contributed by atoms with Crippen molar-refractivity contribution in [3.8, 4) is 11.6 Å². The maximum atomic E-state index is 11.0. The third-order valence-corrected chi connectivity index (χ3v) is 5.77. The number of rotatable bonds is 5. The smallest absolute Gasteiger partial charge is 0.221 e. The number of ether oxygens (including phenoxy) is 1. The zero-order valence-corrected chi connectivity index (χ0v) is 20.1. The molecule has 0 aliphatic carbocycles. The fourth-order valence-electron chi connectivity index (χ4n) is 3.31. The van der Waals surface area contributed by atoms with Gasteiger partial charge in [0.25, 0.3) is 0 Å². The van der Waals surface area contributed by atoms with E-state index in [1.165, 1.54) is 0 Å². The summed E-state index contributed by atoms with van der Waals surface area (Å²) in [6.07, 6.45) is 0. The number of halogens is 2. The molecule has 0 aliphatic heterocycles. The first-order valence-electron chi connectivity index (χ1n) is 9.57. The van der Waals surface area contributed by atoms with Crippen molar-refractivity contribution in [2.45, 2.75) is 6.54 Å². The van der Waals surface area contributed by atoms with E-state index < -0.39 is 0 Å². The van der Waals surface area contributed by atoms with E-state index in [0.717, 1.165) is 20.9 Å². The number of hydrogen-bond acceptors (Lipinski definition) is 4. The van der Waals surface area contributed by atoms with Gasteiger partial charge in [0.15, 0.2) is 5.69 Å². The number of benzene rings is 3. The van der Waals surface area contributed by atoms with Crippen LogP contribution in [0.25, 0.3) is 10.9 Å². The molecule has 162 valence electrons. The molecule has 0 saturated carbocycles. The van der Waals surface area contributed by atoms with Gasteiger partial charge in [-0.15, -0.1) is 10.2 Å². The van der Waals surface area contributed by atoms with Crippen LogP contribution in [0.4, 0.5) is 11.4 Å². The number of thiocarbonyl (C=S) groups is 1. The Hall–Kier alpha value is -2.94. The predicted octanol–water partition coefficient (Wildman–Crippen LogP) is 7.30. The number of nitrogens with zero attached hydrogens (tertiary/aromatic N) is 3. The highest BCUT2D eigenvalue weighted by molar-refractivity contribution is 9.10. The Labute approximate surface area is 203 Å². The fraction of sp³-hybridized carbons (Fsp3) is 0.0870. The highest BCUT2D eigenvalue weighted by atomic mass is 79.9. The normalized spacial score (nSPS) is 11.2. The summed E-state index contributed by atoms with van der Waals surface area (Å²) in [5, 5.41) is 23.6. The molecule has 0 unspecified atom stereocenters. The van der Waals surface area contributed by atoms with Gasteiger partial charge in [-0.3, -0.25) is 0 Å². The number of hydrogen-bond donors (Lipinski definition) is 2. The molecule has 0 saturated heterocycles. The molecule has 9 heteroatoms. The molecule has 0 amide bonds. The number of fused-ring (bicyclic) bond motifs is 1. The summed E-state index contributed by atoms with van der Waals surface area (Å²) in [4.78, 5) is 0. The van der Waals surface area contributed by atoms with Gasteiger partial charge in [-0.1, -0.05) is 57.9 Å². The summed E-state index contributed by atoms with van der Waals surface area (Å²) in [5.41, 5.74) is 2.89. The molecule has 0 bridgehead atoms. The minimum atomic E-state index is 0.0148. The Morgan fingerprint density at radius 3 is 2.66 bits per heavy atom. The summed E-state index contributed by atoms with van der Waals surface area (Å²) in [6.45, 7) is 0.493. The van der Waals surface area contributed by atoms with Crippen LogP contribution >= 0.6 is 39.7 Å². The van der Waals surface area contributed by atoms with Gasteiger partial charge in [-0.25, -0.2) is 0 Å². The van der Waals surface area contributed by atoms with Crippen molar-refractivity contribution in [3.05, 3.63) is 81.8 Å². The lowest BCUT2D eigenvalue weighted by Crippen LogP contribution is -2.04. The van der Waals surface area contributed by atoms with Crippen LogP contribution in [0.1, 0.15) is 5.56 Å². The lowest BCUT2D eigenvalue weighted by Gasteiger charge is -2.07. The molecule has 1 heterocycles. The van der Waals surface area contributed by atoms with E-state index >= 15 is 0 Å². The molecule has 1 aromatic heterocycles. The number of azo groups is 1. The first-order chi connectivity index (χ1) is 15.5. The SMILES string of the molecule is COc1ccc(NC(=S)N=Nc2c(O)n(Cc3ccccc3)c3ccc(Br)cc23)cc1Cl. The summed E-state index contributed by atoms with van der Waals surface area (Å²) in [5.74, 6) is 0.576. The van der Waals surface area contributed by atoms with Gasteiger partial charge in [-0.2, -0.15) is 0 Å². The van der Waals surface area contributed by atoms with E-state index in [0.29, 0.717) is 28.7 Å². The van der Waals surface area contributed by atoms with Crippen molar-refractivity contribution >= 4 is 67.1 Å². The van der Waals surface area contributed by atoms with E-state index in [1.54, 1.807) is 29.9 Å². The lowest BCUT2D eigenvalue weighted by molar-refractivity contribution is 0.415. The minimum absolute atomic E-state index is 0.0148. The number of aromatic hydroxyl groups is 1. The molecular formula is C23H18BrClN4O2S. The highest BCUT2D eigenvalue weighted by Crippen LogP contribution is 2.40. The molecule has 0 aliphatic rings. The van der Waals surface area contributed by atoms with Crippen molar-refractivity contribution in [2.24, 2.45) is 10.2 Å². The largest absolute Gasteiger partial charge is 0.495 e. The first-order valence-corrected chi connectivity index (χ1v) is 11.1. The predicted molar refractivity (Wildman–Crippen MR) is 136 cm³/mol. The zero-order chi connectivity index (χ0) is 22.7. The van der Waals surface area contributed by atoms with Crippen LogP contribution in [0.5, 0.6) is 11.6 Å². The van der Waals surface area contributed by atoms with Crippen LogP contribution in [0.2, 0.25) is 5.02 Å². The summed E-state index contributed by atoms with van der Waals surface area (Å²) >= 11 is 14.9. The summed E-state index contributed by atoms with van der Waals surface area (Å²) in [6, 6.07) is 20.8. The van der Waals surface area contributed by atoms with Gasteiger partial charge in [0.1, 0.15) is 5.75 Å². The Kier molecular flexibility index (Phi) is 6.74. The molecule has 2 N–H and O–H groups in total. The van der Waals surface area contributed by atoms with Gasteiger partial charge >= 0.3 is 0 Å². The topological polar surface area (TPSA) is 71.1 Å². The van der Waals surface area contributed by atoms with E-state index in [1.807, 2.05) is 48.5 Å². The van der Waals surface area contributed by atoms with Crippen molar-refractivity contribution in [2.75, 3.05) is 12.4 Å². The van der Waals surface area contributed by atoms with E-state index in [4.69, 9.17) is 28.6 Å². The lowest BCUT2D eigenvalue weighted by atomic mass is 10.2. The molecule has 4 rings (SSSR count). The average molecular weight is 530 g/mol. The Balaban J connectivity index is 1.64. The molecule has 32 heavy (non-hydrogen) atoms. The summed E-state index contributed by atoms with van der Waals surface area (Å²) in [7, 11) is 1.55. The standard InChI is InChI=1S/C23H18BrClN4O2S/c1-31-20-10-8-16(12-18(20)25)26-23(32)28-27-21-17-11-15(24)7-9-19(17)29(22(21)30)13-14-5-3-2-4-6-14/h2-12,30H,13H2,1H3,(H,26,32). The molecule has 0 spiro atoms. The number of methoxy groups -OCH3 is 1. The van der Waals surface area contributed by atoms with Gasteiger partial charge in [0.2, 0.25) is 11.0 Å². The Bertz CT molecular complexity index is 1320. The van der Waals surface area contributed by atoms with Gasteiger partial charge in [0, 0.05) is 15.5 Å². The quantitative estimate of drug-likeness (QED) is 0.210. The van der Waals surface area contributed by atoms with Crippen molar-refractivity contribution in [1.29, 1.82) is 0 Å². The van der Waals surface area contributed by atoms with Crippen molar-refractivity contribution in [3.63, 3.8) is 0 Å². The highest BCUT2D eigenvalue weighted by Gasteiger charge is 2.17. The van der Waals surface area contributed by atoms with Crippen LogP contribution in [-0.2, 0) is 6.54 Å². The van der Waals surface area contributed by atoms with E-state index in [2.05, 4.69) is 31.5 Å². The van der Waals surface area contributed by atoms with Crippen LogP contribution in [0.3, 0.4) is 0 Å². The molecule has 4 aromatic rings. The molecule has 0 atom stereocenters. The van der Waals surface area contributed by atoms with Gasteiger partial charge in [-0.05, 0) is 54.2 Å². The fourth-order valence-corrected chi connectivity index (χ4v) is 4.09. The summed E-state index contributed by atoms with van der Waals surface area (Å²) < 4.78 is 7.81. The zero-order valence-electron chi connectivity index (χ0n) is 16.9. The number of nitrogens with one attached hydrogen (secondary N) is 1. The third kappa shape index (κ3) is 4.77. The van der Waals surface area contributed by atoms with Crippen LogP contribution in [-0.4, -0.2) is 21.9 Å². The Morgan fingerprint density at radius 2 is 1.94 bits per heavy atom. The van der Waals surface area contributed by atoms with Crippen molar-refractivity contribution in [1.82, 2.24) is 4.57 Å². The minimum Gasteiger partial charge on any atom is -0.495 e. The molecule has 0 radical (unpaired) electrons. The first kappa shape index (κ1) is 22.3.